The van der Waals surface area contributed by atoms with E-state index in [2.05, 4.69) is 28.2 Å². The minimum absolute atomic E-state index is 0.247. The molecule has 1 N–H and O–H groups in total. The zero-order chi connectivity index (χ0) is 13.9. The molecule has 2 rings (SSSR count). The Morgan fingerprint density at radius 3 is 2.68 bits per heavy atom. The summed E-state index contributed by atoms with van der Waals surface area (Å²) in [7, 11) is 0. The van der Waals surface area contributed by atoms with Crippen molar-refractivity contribution in [3.05, 3.63) is 28.0 Å². The van der Waals surface area contributed by atoms with E-state index >= 15 is 0 Å². The quantitative estimate of drug-likeness (QED) is 0.859. The monoisotopic (exact) mass is 324 g/mol. The van der Waals surface area contributed by atoms with Crippen LogP contribution in [0.3, 0.4) is 0 Å². The molecule has 0 unspecified atom stereocenters. The lowest BCUT2D eigenvalue weighted by atomic mass is 9.83. The van der Waals surface area contributed by atoms with Crippen LogP contribution < -0.4 is 5.32 Å². The highest BCUT2D eigenvalue weighted by Crippen LogP contribution is 2.41. The van der Waals surface area contributed by atoms with E-state index in [9.17, 15) is 4.39 Å². The van der Waals surface area contributed by atoms with Gasteiger partial charge in [-0.1, -0.05) is 19.8 Å². The number of hydrogen-bond acceptors (Lipinski definition) is 2. The van der Waals surface area contributed by atoms with E-state index in [0.717, 1.165) is 13.0 Å². The average Bonchev–Trinajstić information content (AvgIpc) is 2.90. The highest BCUT2D eigenvalue weighted by molar-refractivity contribution is 9.10. The molecule has 0 aliphatic heterocycles. The van der Waals surface area contributed by atoms with Gasteiger partial charge in [0.05, 0.1) is 15.7 Å². The van der Waals surface area contributed by atoms with E-state index in [-0.39, 0.29) is 10.3 Å². The largest absolute Gasteiger partial charge is 0.382 e. The van der Waals surface area contributed by atoms with Crippen LogP contribution in [-0.4, -0.2) is 6.54 Å². The number of anilines is 1. The van der Waals surface area contributed by atoms with Crippen molar-refractivity contribution < 1.29 is 4.39 Å². The van der Waals surface area contributed by atoms with Crippen molar-refractivity contribution in [2.45, 2.75) is 39.0 Å². The Bertz CT molecular complexity index is 502. The van der Waals surface area contributed by atoms with Crippen molar-refractivity contribution in [1.82, 2.24) is 0 Å². The smallest absolute Gasteiger partial charge is 0.161 e. The molecule has 1 aromatic rings. The molecule has 1 aliphatic carbocycles. The first-order valence-corrected chi connectivity index (χ1v) is 7.53. The van der Waals surface area contributed by atoms with Crippen LogP contribution in [0.5, 0.6) is 0 Å². The van der Waals surface area contributed by atoms with Crippen molar-refractivity contribution >= 4 is 21.6 Å². The molecule has 1 saturated carbocycles. The molecule has 0 heterocycles. The fourth-order valence-corrected chi connectivity index (χ4v) is 3.27. The minimum Gasteiger partial charge on any atom is -0.382 e. The van der Waals surface area contributed by atoms with Gasteiger partial charge < -0.3 is 5.32 Å². The fraction of sp³-hybridized carbons (Fsp3) is 0.533. The fourth-order valence-electron chi connectivity index (χ4n) is 2.84. The molecule has 19 heavy (non-hydrogen) atoms. The van der Waals surface area contributed by atoms with E-state index in [0.29, 0.717) is 16.7 Å². The molecule has 1 aromatic carbocycles. The van der Waals surface area contributed by atoms with Crippen LogP contribution in [0, 0.1) is 22.6 Å². The van der Waals surface area contributed by atoms with Gasteiger partial charge in [0.15, 0.2) is 5.82 Å². The van der Waals surface area contributed by atoms with Crippen molar-refractivity contribution in [1.29, 1.82) is 5.26 Å². The SMILES string of the molecule is CCC1(CNc2ccc(C#N)c(Br)c2F)CCCC1. The number of nitrogens with zero attached hydrogens (tertiary/aromatic N) is 1. The highest BCUT2D eigenvalue weighted by atomic mass is 79.9. The Hall–Kier alpha value is -1.08. The maximum atomic E-state index is 14.1. The molecule has 1 aliphatic rings. The molecule has 0 atom stereocenters. The molecule has 0 radical (unpaired) electrons. The summed E-state index contributed by atoms with van der Waals surface area (Å²) < 4.78 is 14.3. The standard InChI is InChI=1S/C15H18BrFN2/c1-2-15(7-3-4-8-15)10-19-12-6-5-11(9-18)13(16)14(12)17/h5-6,19H,2-4,7-8,10H2,1H3. The van der Waals surface area contributed by atoms with Gasteiger partial charge in [-0.25, -0.2) is 4.39 Å². The Morgan fingerprint density at radius 2 is 2.11 bits per heavy atom. The summed E-state index contributed by atoms with van der Waals surface area (Å²) in [6, 6.07) is 5.26. The molecule has 0 aromatic heterocycles. The van der Waals surface area contributed by atoms with Crippen LogP contribution >= 0.6 is 15.9 Å². The molecule has 4 heteroatoms. The van der Waals surface area contributed by atoms with E-state index in [1.165, 1.54) is 25.7 Å². The van der Waals surface area contributed by atoms with Gasteiger partial charge in [-0.3, -0.25) is 0 Å². The van der Waals surface area contributed by atoms with Gasteiger partial charge in [-0.05, 0) is 52.7 Å². The summed E-state index contributed by atoms with van der Waals surface area (Å²) in [4.78, 5) is 0. The third kappa shape index (κ3) is 2.92. The Balaban J connectivity index is 2.12. The van der Waals surface area contributed by atoms with Crippen LogP contribution in [0.25, 0.3) is 0 Å². The summed E-state index contributed by atoms with van der Waals surface area (Å²) in [5.74, 6) is -0.372. The van der Waals surface area contributed by atoms with E-state index in [4.69, 9.17) is 5.26 Å². The molecule has 0 spiro atoms. The second-order valence-corrected chi connectivity index (χ2v) is 6.11. The number of nitrogens with one attached hydrogen (secondary N) is 1. The van der Waals surface area contributed by atoms with Crippen molar-refractivity contribution in [3.8, 4) is 6.07 Å². The zero-order valence-electron chi connectivity index (χ0n) is 11.1. The molecular formula is C15H18BrFN2. The normalized spacial score (nSPS) is 17.2. The first-order chi connectivity index (χ1) is 9.12. The number of nitriles is 1. The van der Waals surface area contributed by atoms with Crippen molar-refractivity contribution in [2.24, 2.45) is 5.41 Å². The van der Waals surface area contributed by atoms with Crippen LogP contribution in [0.2, 0.25) is 0 Å². The van der Waals surface area contributed by atoms with Crippen molar-refractivity contribution in [2.75, 3.05) is 11.9 Å². The Kier molecular flexibility index (Phi) is 4.46. The van der Waals surface area contributed by atoms with Gasteiger partial charge in [-0.2, -0.15) is 5.26 Å². The maximum Gasteiger partial charge on any atom is 0.161 e. The third-order valence-corrected chi connectivity index (χ3v) is 5.05. The number of halogens is 2. The second kappa shape index (κ2) is 5.92. The number of rotatable bonds is 4. The van der Waals surface area contributed by atoms with E-state index in [1.54, 1.807) is 12.1 Å². The molecule has 0 saturated heterocycles. The maximum absolute atomic E-state index is 14.1. The summed E-state index contributed by atoms with van der Waals surface area (Å²) in [6.07, 6.45) is 6.11. The van der Waals surface area contributed by atoms with Gasteiger partial charge in [0.25, 0.3) is 0 Å². The zero-order valence-corrected chi connectivity index (χ0v) is 12.7. The molecule has 0 bridgehead atoms. The Labute approximate surface area is 122 Å². The van der Waals surface area contributed by atoms with Crippen LogP contribution in [0.4, 0.5) is 10.1 Å². The molecule has 2 nitrogen and oxygen atoms in total. The van der Waals surface area contributed by atoms with Gasteiger partial charge in [0.2, 0.25) is 0 Å². The topological polar surface area (TPSA) is 35.8 Å². The Morgan fingerprint density at radius 1 is 1.42 bits per heavy atom. The minimum atomic E-state index is -0.372. The number of benzene rings is 1. The van der Waals surface area contributed by atoms with Crippen LogP contribution in [0.1, 0.15) is 44.6 Å². The first kappa shape index (κ1) is 14.3. The predicted octanol–water partition coefficient (Wildman–Crippen LogP) is 4.84. The van der Waals surface area contributed by atoms with E-state index < -0.39 is 0 Å². The lowest BCUT2D eigenvalue weighted by Crippen LogP contribution is -2.26. The predicted molar refractivity (Wildman–Crippen MR) is 78.5 cm³/mol. The van der Waals surface area contributed by atoms with Gasteiger partial charge in [0, 0.05) is 6.54 Å². The summed E-state index contributed by atoms with van der Waals surface area (Å²) in [6.45, 7) is 3.01. The van der Waals surface area contributed by atoms with Gasteiger partial charge >= 0.3 is 0 Å². The summed E-state index contributed by atoms with van der Waals surface area (Å²) >= 11 is 3.14. The van der Waals surface area contributed by atoms with Crippen LogP contribution in [0.15, 0.2) is 16.6 Å². The second-order valence-electron chi connectivity index (χ2n) is 5.31. The molecule has 0 amide bonds. The first-order valence-electron chi connectivity index (χ1n) is 6.74. The average molecular weight is 325 g/mol. The number of hydrogen-bond donors (Lipinski definition) is 1. The summed E-state index contributed by atoms with van der Waals surface area (Å²) in [5, 5.41) is 12.1. The summed E-state index contributed by atoms with van der Waals surface area (Å²) in [5.41, 5.74) is 1.12. The molecular weight excluding hydrogens is 307 g/mol. The molecule has 1 fully saturated rings. The third-order valence-electron chi connectivity index (χ3n) is 4.27. The van der Waals surface area contributed by atoms with Crippen LogP contribution in [-0.2, 0) is 0 Å². The highest BCUT2D eigenvalue weighted by Gasteiger charge is 2.31. The van der Waals surface area contributed by atoms with Crippen molar-refractivity contribution in [3.63, 3.8) is 0 Å². The lowest BCUT2D eigenvalue weighted by molar-refractivity contribution is 0.306. The van der Waals surface area contributed by atoms with Gasteiger partial charge in [0.1, 0.15) is 6.07 Å². The molecule has 102 valence electrons. The van der Waals surface area contributed by atoms with Gasteiger partial charge in [-0.15, -0.1) is 0 Å². The lowest BCUT2D eigenvalue weighted by Gasteiger charge is -2.28. The van der Waals surface area contributed by atoms with E-state index in [1.807, 2.05) is 6.07 Å².